The quantitative estimate of drug-likeness (QED) is 0.570. The van der Waals surface area contributed by atoms with E-state index in [4.69, 9.17) is 15.3 Å². The van der Waals surface area contributed by atoms with Crippen molar-refractivity contribution in [1.29, 1.82) is 0 Å². The predicted octanol–water partition coefficient (Wildman–Crippen LogP) is 1.38. The lowest BCUT2D eigenvalue weighted by molar-refractivity contribution is 0.122. The molecule has 1 rings (SSSR count). The number of hydrogen-bond acceptors (Lipinski definition) is 4. The van der Waals surface area contributed by atoms with Crippen LogP contribution < -0.4 is 16.0 Å². The van der Waals surface area contributed by atoms with Crippen LogP contribution in [0.5, 0.6) is 5.75 Å². The van der Waals surface area contributed by atoms with E-state index in [0.717, 1.165) is 0 Å². The molecule has 0 aliphatic carbocycles. The molecule has 0 spiro atoms. The average molecular weight is 228 g/mol. The molecule has 5 heteroatoms. The van der Waals surface area contributed by atoms with Crippen molar-refractivity contribution in [2.45, 2.75) is 13.0 Å². The first kappa shape index (κ1) is 12.9. The van der Waals surface area contributed by atoms with E-state index < -0.39 is 0 Å². The predicted molar refractivity (Wildman–Crippen MR) is 59.5 cm³/mol. The molecule has 0 fully saturated rings. The number of hydrogen-bond donors (Lipinski definition) is 2. The van der Waals surface area contributed by atoms with Crippen LogP contribution in [0.3, 0.4) is 0 Å². The SMILES string of the molecule is CCOCC(NN)c1cc(F)ccc1OC. The molecule has 3 N–H and O–H groups in total. The van der Waals surface area contributed by atoms with Gasteiger partial charge in [-0.05, 0) is 25.1 Å². The molecular formula is C11H17FN2O2. The van der Waals surface area contributed by atoms with Gasteiger partial charge < -0.3 is 9.47 Å². The van der Waals surface area contributed by atoms with Gasteiger partial charge in [0.15, 0.2) is 0 Å². The summed E-state index contributed by atoms with van der Waals surface area (Å²) in [6, 6.07) is 4.02. The number of halogens is 1. The largest absolute Gasteiger partial charge is 0.496 e. The van der Waals surface area contributed by atoms with Crippen LogP contribution in [0.25, 0.3) is 0 Å². The molecule has 0 saturated heterocycles. The molecule has 0 aliphatic rings. The fourth-order valence-electron chi connectivity index (χ4n) is 1.44. The van der Waals surface area contributed by atoms with Crippen molar-refractivity contribution in [1.82, 2.24) is 5.43 Å². The molecule has 90 valence electrons. The van der Waals surface area contributed by atoms with Crippen LogP contribution in [0, 0.1) is 5.82 Å². The zero-order valence-corrected chi connectivity index (χ0v) is 9.50. The lowest BCUT2D eigenvalue weighted by atomic mass is 10.1. The lowest BCUT2D eigenvalue weighted by Gasteiger charge is -2.18. The zero-order chi connectivity index (χ0) is 12.0. The van der Waals surface area contributed by atoms with E-state index in [0.29, 0.717) is 24.5 Å². The van der Waals surface area contributed by atoms with Crippen molar-refractivity contribution in [2.75, 3.05) is 20.3 Å². The Kier molecular flexibility index (Phi) is 5.18. The van der Waals surface area contributed by atoms with Crippen LogP contribution in [-0.4, -0.2) is 20.3 Å². The summed E-state index contributed by atoms with van der Waals surface area (Å²) >= 11 is 0. The molecule has 0 amide bonds. The van der Waals surface area contributed by atoms with Crippen LogP contribution in [0.4, 0.5) is 4.39 Å². The van der Waals surface area contributed by atoms with Gasteiger partial charge in [-0.15, -0.1) is 0 Å². The first-order valence-corrected chi connectivity index (χ1v) is 5.10. The molecule has 4 nitrogen and oxygen atoms in total. The third kappa shape index (κ3) is 3.16. The minimum absolute atomic E-state index is 0.286. The van der Waals surface area contributed by atoms with Crippen LogP contribution in [-0.2, 0) is 4.74 Å². The third-order valence-corrected chi connectivity index (χ3v) is 2.26. The van der Waals surface area contributed by atoms with E-state index in [1.165, 1.54) is 19.2 Å². The van der Waals surface area contributed by atoms with Gasteiger partial charge in [0.2, 0.25) is 0 Å². The Morgan fingerprint density at radius 3 is 2.81 bits per heavy atom. The van der Waals surface area contributed by atoms with Crippen LogP contribution >= 0.6 is 0 Å². The van der Waals surface area contributed by atoms with Gasteiger partial charge in [-0.3, -0.25) is 11.3 Å². The molecule has 0 bridgehead atoms. The maximum Gasteiger partial charge on any atom is 0.123 e. The number of ether oxygens (including phenoxy) is 2. The molecular weight excluding hydrogens is 211 g/mol. The van der Waals surface area contributed by atoms with Gasteiger partial charge in [-0.25, -0.2) is 4.39 Å². The topological polar surface area (TPSA) is 56.5 Å². The van der Waals surface area contributed by atoms with Gasteiger partial charge in [-0.1, -0.05) is 0 Å². The van der Waals surface area contributed by atoms with Gasteiger partial charge in [0.25, 0.3) is 0 Å². The van der Waals surface area contributed by atoms with E-state index in [1.54, 1.807) is 6.07 Å². The molecule has 0 radical (unpaired) electrons. The third-order valence-electron chi connectivity index (χ3n) is 2.26. The maximum absolute atomic E-state index is 13.1. The second-order valence-corrected chi connectivity index (χ2v) is 3.26. The summed E-state index contributed by atoms with van der Waals surface area (Å²) in [5, 5.41) is 0. The van der Waals surface area contributed by atoms with Crippen LogP contribution in [0.15, 0.2) is 18.2 Å². The molecule has 0 aliphatic heterocycles. The first-order chi connectivity index (χ1) is 7.72. The molecule has 1 atom stereocenters. The number of benzene rings is 1. The fourth-order valence-corrected chi connectivity index (χ4v) is 1.44. The van der Waals surface area contributed by atoms with E-state index in [2.05, 4.69) is 5.43 Å². The number of nitrogens with two attached hydrogens (primary N) is 1. The van der Waals surface area contributed by atoms with Gasteiger partial charge in [-0.2, -0.15) is 0 Å². The van der Waals surface area contributed by atoms with Crippen molar-refractivity contribution >= 4 is 0 Å². The van der Waals surface area contributed by atoms with Crippen molar-refractivity contribution in [3.8, 4) is 5.75 Å². The Bertz CT molecular complexity index is 334. The van der Waals surface area contributed by atoms with Gasteiger partial charge >= 0.3 is 0 Å². The standard InChI is InChI=1S/C11H17FN2O2/c1-3-16-7-10(14-13)9-6-8(12)4-5-11(9)15-2/h4-6,10,14H,3,7,13H2,1-2H3. The molecule has 1 aromatic carbocycles. The van der Waals surface area contributed by atoms with Crippen molar-refractivity contribution in [2.24, 2.45) is 5.84 Å². The van der Waals surface area contributed by atoms with Crippen LogP contribution in [0.2, 0.25) is 0 Å². The highest BCUT2D eigenvalue weighted by Crippen LogP contribution is 2.25. The molecule has 1 unspecified atom stereocenters. The Labute approximate surface area is 94.5 Å². The minimum atomic E-state index is -0.326. The van der Waals surface area contributed by atoms with Crippen molar-refractivity contribution in [3.63, 3.8) is 0 Å². The van der Waals surface area contributed by atoms with E-state index in [-0.39, 0.29) is 11.9 Å². The van der Waals surface area contributed by atoms with Gasteiger partial charge in [0.1, 0.15) is 11.6 Å². The normalized spacial score (nSPS) is 12.5. The fraction of sp³-hybridized carbons (Fsp3) is 0.455. The second-order valence-electron chi connectivity index (χ2n) is 3.26. The molecule has 16 heavy (non-hydrogen) atoms. The smallest absolute Gasteiger partial charge is 0.123 e. The van der Waals surface area contributed by atoms with Gasteiger partial charge in [0.05, 0.1) is 19.8 Å². The Balaban J connectivity index is 2.92. The van der Waals surface area contributed by atoms with E-state index in [9.17, 15) is 4.39 Å². The highest BCUT2D eigenvalue weighted by molar-refractivity contribution is 5.36. The van der Waals surface area contributed by atoms with Crippen LogP contribution in [0.1, 0.15) is 18.5 Å². The monoisotopic (exact) mass is 228 g/mol. The van der Waals surface area contributed by atoms with Crippen molar-refractivity contribution in [3.05, 3.63) is 29.6 Å². The average Bonchev–Trinajstić information content (AvgIpc) is 2.30. The highest BCUT2D eigenvalue weighted by atomic mass is 19.1. The molecule has 1 aromatic rings. The van der Waals surface area contributed by atoms with E-state index in [1.807, 2.05) is 6.92 Å². The highest BCUT2D eigenvalue weighted by Gasteiger charge is 2.15. The minimum Gasteiger partial charge on any atom is -0.496 e. The summed E-state index contributed by atoms with van der Waals surface area (Å²) in [5.41, 5.74) is 3.23. The second kappa shape index (κ2) is 6.42. The zero-order valence-electron chi connectivity index (χ0n) is 9.50. The summed E-state index contributed by atoms with van der Waals surface area (Å²) in [6.45, 7) is 2.83. The molecule has 0 heterocycles. The maximum atomic E-state index is 13.1. The van der Waals surface area contributed by atoms with Crippen molar-refractivity contribution < 1.29 is 13.9 Å². The number of methoxy groups -OCH3 is 1. The summed E-state index contributed by atoms with van der Waals surface area (Å²) in [7, 11) is 1.53. The summed E-state index contributed by atoms with van der Waals surface area (Å²) in [6.07, 6.45) is 0. The molecule has 0 saturated carbocycles. The van der Waals surface area contributed by atoms with E-state index >= 15 is 0 Å². The Hall–Kier alpha value is -1.17. The Morgan fingerprint density at radius 2 is 2.25 bits per heavy atom. The first-order valence-electron chi connectivity index (χ1n) is 5.10. The van der Waals surface area contributed by atoms with Gasteiger partial charge in [0, 0.05) is 12.2 Å². The lowest BCUT2D eigenvalue weighted by Crippen LogP contribution is -2.31. The number of rotatable bonds is 6. The summed E-state index contributed by atoms with van der Waals surface area (Å²) in [5.74, 6) is 5.67. The summed E-state index contributed by atoms with van der Waals surface area (Å²) < 4.78 is 23.5. The number of hydrazine groups is 1. The summed E-state index contributed by atoms with van der Waals surface area (Å²) in [4.78, 5) is 0. The molecule has 0 aromatic heterocycles. The Morgan fingerprint density at radius 1 is 1.50 bits per heavy atom. The number of nitrogens with one attached hydrogen (secondary N) is 1.